The van der Waals surface area contributed by atoms with Crippen LogP contribution in [0.25, 0.3) is 16.7 Å². The van der Waals surface area contributed by atoms with Crippen molar-refractivity contribution in [3.05, 3.63) is 60.8 Å². The maximum atomic E-state index is 13.0. The van der Waals surface area contributed by atoms with Crippen LogP contribution < -0.4 is 20.3 Å². The Morgan fingerprint density at radius 2 is 2.03 bits per heavy atom. The van der Waals surface area contributed by atoms with Gasteiger partial charge in [0.2, 0.25) is 11.8 Å². The van der Waals surface area contributed by atoms with Gasteiger partial charge in [-0.3, -0.25) is 14.3 Å². The Labute approximate surface area is 189 Å². The lowest BCUT2D eigenvalue weighted by molar-refractivity contribution is 0.102. The van der Waals surface area contributed by atoms with E-state index in [0.29, 0.717) is 16.8 Å². The number of benzene rings is 1. The number of fused-ring (bicyclic) bond motifs is 1. The van der Waals surface area contributed by atoms with Crippen molar-refractivity contribution in [1.29, 1.82) is 0 Å². The molecule has 1 aliphatic rings. The molecule has 4 aromatic rings. The van der Waals surface area contributed by atoms with Gasteiger partial charge in [0.1, 0.15) is 11.4 Å². The summed E-state index contributed by atoms with van der Waals surface area (Å²) in [7, 11) is 1.57. The van der Waals surface area contributed by atoms with Gasteiger partial charge in [-0.25, -0.2) is 9.97 Å². The van der Waals surface area contributed by atoms with Crippen LogP contribution in [0.5, 0.6) is 11.6 Å². The zero-order valence-electron chi connectivity index (χ0n) is 18.0. The molecule has 168 valence electrons. The maximum absolute atomic E-state index is 13.0. The second-order valence-corrected chi connectivity index (χ2v) is 7.60. The lowest BCUT2D eigenvalue weighted by atomic mass is 10.2. The third-order valence-corrected chi connectivity index (χ3v) is 5.59. The standard InChI is InChI=1S/C23H23N7O3/c1-33-16-3-2-15-14-30(22(32)17(15)12-16)23-26-7-4-18(28-23)21(31)27-19-13-25-6-5-20(19)29-10-8-24-9-11-29/h2-7,12-14,24,32H,8-11H2,1H3,(H,27,31). The lowest BCUT2D eigenvalue weighted by Crippen LogP contribution is -2.43. The summed E-state index contributed by atoms with van der Waals surface area (Å²) < 4.78 is 6.68. The van der Waals surface area contributed by atoms with Gasteiger partial charge < -0.3 is 25.4 Å². The molecule has 0 atom stereocenters. The van der Waals surface area contributed by atoms with Crippen molar-refractivity contribution in [3.8, 4) is 17.6 Å². The van der Waals surface area contributed by atoms with Crippen LogP contribution in [0, 0.1) is 0 Å². The number of nitrogens with zero attached hydrogens (tertiary/aromatic N) is 5. The van der Waals surface area contributed by atoms with Crippen LogP contribution in [0.4, 0.5) is 11.4 Å². The molecule has 1 saturated heterocycles. The van der Waals surface area contributed by atoms with Crippen LogP contribution in [-0.4, -0.2) is 63.8 Å². The molecule has 1 aliphatic heterocycles. The molecule has 0 aliphatic carbocycles. The number of piperazine rings is 1. The smallest absolute Gasteiger partial charge is 0.274 e. The fourth-order valence-corrected chi connectivity index (χ4v) is 3.89. The van der Waals surface area contributed by atoms with Crippen LogP contribution in [0.3, 0.4) is 0 Å². The van der Waals surface area contributed by atoms with E-state index in [0.717, 1.165) is 37.3 Å². The van der Waals surface area contributed by atoms with Gasteiger partial charge in [0, 0.05) is 55.5 Å². The minimum Gasteiger partial charge on any atom is -0.497 e. The molecular weight excluding hydrogens is 422 g/mol. The third kappa shape index (κ3) is 4.03. The first-order valence-electron chi connectivity index (χ1n) is 10.6. The predicted molar refractivity (Wildman–Crippen MR) is 124 cm³/mol. The van der Waals surface area contributed by atoms with Gasteiger partial charge >= 0.3 is 0 Å². The number of anilines is 2. The van der Waals surface area contributed by atoms with E-state index in [1.807, 2.05) is 12.1 Å². The molecule has 0 saturated carbocycles. The summed E-state index contributed by atoms with van der Waals surface area (Å²) in [5.74, 6) is 0.390. The first kappa shape index (κ1) is 20.7. The monoisotopic (exact) mass is 445 g/mol. The molecular formula is C23H23N7O3. The molecule has 33 heavy (non-hydrogen) atoms. The van der Waals surface area contributed by atoms with Crippen molar-refractivity contribution >= 4 is 28.1 Å². The molecule has 0 bridgehead atoms. The van der Waals surface area contributed by atoms with Gasteiger partial charge in [0.15, 0.2) is 0 Å². The summed E-state index contributed by atoms with van der Waals surface area (Å²) in [5, 5.41) is 18.3. The van der Waals surface area contributed by atoms with Crippen molar-refractivity contribution in [3.63, 3.8) is 0 Å². The number of hydrogen-bond acceptors (Lipinski definition) is 8. The van der Waals surface area contributed by atoms with E-state index in [-0.39, 0.29) is 23.4 Å². The molecule has 1 amide bonds. The van der Waals surface area contributed by atoms with Gasteiger partial charge in [-0.1, -0.05) is 0 Å². The Morgan fingerprint density at radius 3 is 2.85 bits per heavy atom. The molecule has 1 aromatic carbocycles. The number of ether oxygens (including phenoxy) is 1. The molecule has 3 aromatic heterocycles. The van der Waals surface area contributed by atoms with Crippen LogP contribution in [0.2, 0.25) is 0 Å². The minimum absolute atomic E-state index is 0.0327. The quantitative estimate of drug-likeness (QED) is 0.428. The Balaban J connectivity index is 1.43. The average molecular weight is 445 g/mol. The summed E-state index contributed by atoms with van der Waals surface area (Å²) in [4.78, 5) is 28.0. The highest BCUT2D eigenvalue weighted by atomic mass is 16.5. The van der Waals surface area contributed by atoms with E-state index in [1.54, 1.807) is 37.8 Å². The molecule has 3 N–H and O–H groups in total. The number of rotatable bonds is 5. The van der Waals surface area contributed by atoms with E-state index in [2.05, 4.69) is 30.5 Å². The Bertz CT molecular complexity index is 1310. The fourth-order valence-electron chi connectivity index (χ4n) is 3.89. The highest BCUT2D eigenvalue weighted by molar-refractivity contribution is 6.04. The molecule has 0 spiro atoms. The number of carbonyl (C=O) groups excluding carboxylic acids is 1. The molecule has 0 radical (unpaired) electrons. The number of nitrogens with one attached hydrogen (secondary N) is 2. The number of aromatic hydroxyl groups is 1. The Morgan fingerprint density at radius 1 is 1.18 bits per heavy atom. The van der Waals surface area contributed by atoms with E-state index < -0.39 is 0 Å². The maximum Gasteiger partial charge on any atom is 0.274 e. The summed E-state index contributed by atoms with van der Waals surface area (Å²) in [6.07, 6.45) is 6.55. The molecule has 10 heteroatoms. The zero-order chi connectivity index (χ0) is 22.8. The van der Waals surface area contributed by atoms with E-state index in [9.17, 15) is 9.90 Å². The first-order chi connectivity index (χ1) is 16.1. The van der Waals surface area contributed by atoms with E-state index >= 15 is 0 Å². The molecule has 0 unspecified atom stereocenters. The lowest BCUT2D eigenvalue weighted by Gasteiger charge is -2.30. The van der Waals surface area contributed by atoms with Gasteiger partial charge in [0.25, 0.3) is 5.91 Å². The summed E-state index contributed by atoms with van der Waals surface area (Å²) >= 11 is 0. The number of aromatic nitrogens is 4. The first-order valence-corrected chi connectivity index (χ1v) is 10.6. The van der Waals surface area contributed by atoms with Gasteiger partial charge in [-0.05, 0) is 30.3 Å². The van der Waals surface area contributed by atoms with Crippen molar-refractivity contribution < 1.29 is 14.6 Å². The van der Waals surface area contributed by atoms with Crippen LogP contribution >= 0.6 is 0 Å². The Kier molecular flexibility index (Phi) is 5.49. The van der Waals surface area contributed by atoms with Crippen molar-refractivity contribution in [1.82, 2.24) is 24.8 Å². The van der Waals surface area contributed by atoms with Gasteiger partial charge in [-0.15, -0.1) is 0 Å². The summed E-state index contributed by atoms with van der Waals surface area (Å²) in [6, 6.07) is 8.80. The van der Waals surface area contributed by atoms with Crippen LogP contribution in [-0.2, 0) is 0 Å². The molecule has 5 rings (SSSR count). The molecule has 1 fully saturated rings. The number of carbonyl (C=O) groups is 1. The summed E-state index contributed by atoms with van der Waals surface area (Å²) in [6.45, 7) is 3.45. The second kappa shape index (κ2) is 8.75. The van der Waals surface area contributed by atoms with E-state index in [4.69, 9.17) is 4.74 Å². The number of pyridine rings is 1. The SMILES string of the molecule is COc1ccc2cn(-c3nccc(C(=O)Nc4cnccc4N4CCNCC4)n3)c(O)c2c1. The van der Waals surface area contributed by atoms with E-state index in [1.165, 1.54) is 16.8 Å². The minimum atomic E-state index is -0.388. The van der Waals surface area contributed by atoms with Crippen LogP contribution in [0.15, 0.2) is 55.1 Å². The topological polar surface area (TPSA) is 117 Å². The normalized spacial score (nSPS) is 13.8. The highest BCUT2D eigenvalue weighted by Crippen LogP contribution is 2.32. The van der Waals surface area contributed by atoms with Crippen molar-refractivity contribution in [2.24, 2.45) is 0 Å². The molecule has 10 nitrogen and oxygen atoms in total. The van der Waals surface area contributed by atoms with Crippen molar-refractivity contribution in [2.45, 2.75) is 0 Å². The third-order valence-electron chi connectivity index (χ3n) is 5.59. The van der Waals surface area contributed by atoms with Crippen LogP contribution in [0.1, 0.15) is 10.5 Å². The van der Waals surface area contributed by atoms with Gasteiger partial charge in [0.05, 0.1) is 24.7 Å². The average Bonchev–Trinajstić information content (AvgIpc) is 3.20. The Hall–Kier alpha value is -4.18. The second-order valence-electron chi connectivity index (χ2n) is 7.60. The highest BCUT2D eigenvalue weighted by Gasteiger charge is 2.18. The number of hydrogen-bond donors (Lipinski definition) is 3. The molecule has 4 heterocycles. The largest absolute Gasteiger partial charge is 0.497 e. The number of amides is 1. The van der Waals surface area contributed by atoms with Crippen molar-refractivity contribution in [2.75, 3.05) is 43.5 Å². The summed E-state index contributed by atoms with van der Waals surface area (Å²) in [5.41, 5.74) is 1.70. The van der Waals surface area contributed by atoms with Gasteiger partial charge in [-0.2, -0.15) is 0 Å². The zero-order valence-corrected chi connectivity index (χ0v) is 18.0. The predicted octanol–water partition coefficient (Wildman–Crippen LogP) is 2.19. The fraction of sp³-hybridized carbons (Fsp3) is 0.217. The number of methoxy groups -OCH3 is 1.